The number of hydrogen-bond donors (Lipinski definition) is 1. The van der Waals surface area contributed by atoms with Gasteiger partial charge in [-0.3, -0.25) is 14.6 Å². The van der Waals surface area contributed by atoms with E-state index >= 15 is 0 Å². The summed E-state index contributed by atoms with van der Waals surface area (Å²) in [6, 6.07) is 10.7. The van der Waals surface area contributed by atoms with Crippen LogP contribution in [0.15, 0.2) is 53.9 Å². The predicted octanol–water partition coefficient (Wildman–Crippen LogP) is 3.20. The Labute approximate surface area is 161 Å². The zero-order chi connectivity index (χ0) is 19.4. The molecule has 0 aliphatic rings. The van der Waals surface area contributed by atoms with Crippen molar-refractivity contribution in [2.45, 2.75) is 24.3 Å². The first-order chi connectivity index (χ1) is 13.0. The highest BCUT2D eigenvalue weighted by atomic mass is 32.2. The van der Waals surface area contributed by atoms with Crippen LogP contribution in [-0.4, -0.2) is 36.7 Å². The number of nitrogens with one attached hydrogen (secondary N) is 1. The predicted molar refractivity (Wildman–Crippen MR) is 105 cm³/mol. The van der Waals surface area contributed by atoms with Gasteiger partial charge in [0.25, 0.3) is 0 Å². The third-order valence-corrected chi connectivity index (χ3v) is 5.10. The third kappa shape index (κ3) is 4.22. The number of pyridine rings is 1. The molecular weight excluding hydrogens is 362 g/mol. The van der Waals surface area contributed by atoms with Crippen molar-refractivity contribution in [2.75, 3.05) is 5.32 Å². The molecule has 1 aromatic carbocycles. The first-order valence-corrected chi connectivity index (χ1v) is 9.22. The summed E-state index contributed by atoms with van der Waals surface area (Å²) in [6.07, 6.45) is 3.41. The largest absolute Gasteiger partial charge is 0.324 e. The Morgan fingerprint density at radius 2 is 1.93 bits per heavy atom. The average Bonchev–Trinajstić information content (AvgIpc) is 3.03. The monoisotopic (exact) mass is 381 g/mol. The molecule has 2 heterocycles. The smallest absolute Gasteiger partial charge is 0.237 e. The first kappa shape index (κ1) is 18.8. The van der Waals surface area contributed by atoms with E-state index in [0.717, 1.165) is 5.56 Å². The molecule has 2 aromatic heterocycles. The van der Waals surface area contributed by atoms with Crippen LogP contribution in [0.3, 0.4) is 0 Å². The van der Waals surface area contributed by atoms with Gasteiger partial charge in [0.2, 0.25) is 5.91 Å². The van der Waals surface area contributed by atoms with Crippen molar-refractivity contribution in [3.05, 3.63) is 54.4 Å². The molecule has 1 N–H and O–H groups in total. The van der Waals surface area contributed by atoms with Crippen molar-refractivity contribution in [1.82, 2.24) is 19.7 Å². The zero-order valence-corrected chi connectivity index (χ0v) is 16.0. The van der Waals surface area contributed by atoms with Gasteiger partial charge in [-0.2, -0.15) is 0 Å². The number of hydrogen-bond acceptors (Lipinski definition) is 6. The molecule has 0 fully saturated rings. The fourth-order valence-electron chi connectivity index (χ4n) is 2.51. The second-order valence-corrected chi connectivity index (χ2v) is 7.27. The molecular formula is C19H19N5O2S. The standard InChI is InChI=1S/C19H19N5O2S/c1-12(25)15-8-4-5-9-16(15)21-18(26)13(2)27-19-23-22-17(24(19)3)14-7-6-10-20-11-14/h4-11,13H,1-3H3,(H,21,26). The Morgan fingerprint density at radius 3 is 2.63 bits per heavy atom. The topological polar surface area (TPSA) is 89.8 Å². The van der Waals surface area contributed by atoms with E-state index in [2.05, 4.69) is 20.5 Å². The van der Waals surface area contributed by atoms with Gasteiger partial charge in [-0.1, -0.05) is 23.9 Å². The number of rotatable bonds is 6. The number of carbonyl (C=O) groups is 2. The van der Waals surface area contributed by atoms with E-state index in [-0.39, 0.29) is 11.7 Å². The molecule has 0 spiro atoms. The van der Waals surface area contributed by atoms with Gasteiger partial charge in [-0.15, -0.1) is 10.2 Å². The summed E-state index contributed by atoms with van der Waals surface area (Å²) in [7, 11) is 1.85. The molecule has 0 aliphatic heterocycles. The molecule has 0 radical (unpaired) electrons. The van der Waals surface area contributed by atoms with E-state index in [0.29, 0.717) is 22.2 Å². The summed E-state index contributed by atoms with van der Waals surface area (Å²) in [5, 5.41) is 11.4. The summed E-state index contributed by atoms with van der Waals surface area (Å²) < 4.78 is 1.83. The molecule has 1 amide bonds. The minimum Gasteiger partial charge on any atom is -0.324 e. The Hall–Kier alpha value is -3.00. The molecule has 3 rings (SSSR count). The number of benzene rings is 1. The van der Waals surface area contributed by atoms with Crippen LogP contribution >= 0.6 is 11.8 Å². The molecule has 0 saturated heterocycles. The van der Waals surface area contributed by atoms with Crippen LogP contribution in [0, 0.1) is 0 Å². The Balaban J connectivity index is 1.73. The van der Waals surface area contributed by atoms with Crippen LogP contribution in [-0.2, 0) is 11.8 Å². The van der Waals surface area contributed by atoms with E-state index in [4.69, 9.17) is 0 Å². The molecule has 0 saturated carbocycles. The molecule has 8 heteroatoms. The van der Waals surface area contributed by atoms with Crippen molar-refractivity contribution in [2.24, 2.45) is 7.05 Å². The third-order valence-electron chi connectivity index (χ3n) is 3.97. The minimum absolute atomic E-state index is 0.0966. The highest BCUT2D eigenvalue weighted by Gasteiger charge is 2.20. The quantitative estimate of drug-likeness (QED) is 0.521. The fourth-order valence-corrected chi connectivity index (χ4v) is 3.32. The summed E-state index contributed by atoms with van der Waals surface area (Å²) in [5.41, 5.74) is 1.85. The maximum atomic E-state index is 12.6. The van der Waals surface area contributed by atoms with E-state index < -0.39 is 5.25 Å². The van der Waals surface area contributed by atoms with Crippen LogP contribution in [0.1, 0.15) is 24.2 Å². The van der Waals surface area contributed by atoms with Gasteiger partial charge in [0, 0.05) is 30.6 Å². The first-order valence-electron chi connectivity index (χ1n) is 8.34. The van der Waals surface area contributed by atoms with Crippen molar-refractivity contribution >= 4 is 29.1 Å². The Morgan fingerprint density at radius 1 is 1.15 bits per heavy atom. The number of para-hydroxylation sites is 1. The molecule has 27 heavy (non-hydrogen) atoms. The molecule has 0 bridgehead atoms. The SMILES string of the molecule is CC(=O)c1ccccc1NC(=O)C(C)Sc1nnc(-c2cccnc2)n1C. The van der Waals surface area contributed by atoms with Crippen LogP contribution in [0.25, 0.3) is 11.4 Å². The molecule has 7 nitrogen and oxygen atoms in total. The molecule has 138 valence electrons. The summed E-state index contributed by atoms with van der Waals surface area (Å²) in [5.74, 6) is 0.375. The Bertz CT molecular complexity index is 971. The number of nitrogens with zero attached hydrogens (tertiary/aromatic N) is 4. The highest BCUT2D eigenvalue weighted by Crippen LogP contribution is 2.26. The summed E-state index contributed by atoms with van der Waals surface area (Å²) >= 11 is 1.30. The van der Waals surface area contributed by atoms with E-state index in [9.17, 15) is 9.59 Å². The van der Waals surface area contributed by atoms with Crippen molar-refractivity contribution in [1.29, 1.82) is 0 Å². The van der Waals surface area contributed by atoms with E-state index in [1.165, 1.54) is 18.7 Å². The second kappa shape index (κ2) is 8.13. The highest BCUT2D eigenvalue weighted by molar-refractivity contribution is 8.00. The summed E-state index contributed by atoms with van der Waals surface area (Å²) in [6.45, 7) is 3.26. The van der Waals surface area contributed by atoms with Gasteiger partial charge in [-0.25, -0.2) is 0 Å². The molecule has 1 atom stereocenters. The molecule has 3 aromatic rings. The lowest BCUT2D eigenvalue weighted by Crippen LogP contribution is -2.23. The van der Waals surface area contributed by atoms with E-state index in [1.807, 2.05) is 23.7 Å². The maximum Gasteiger partial charge on any atom is 0.237 e. The van der Waals surface area contributed by atoms with Gasteiger partial charge in [-0.05, 0) is 38.1 Å². The number of Topliss-reactive ketones (excluding diaryl/α,β-unsaturated/α-hetero) is 1. The molecule has 0 aliphatic carbocycles. The van der Waals surface area contributed by atoms with Crippen LogP contribution < -0.4 is 5.32 Å². The number of amides is 1. The second-order valence-electron chi connectivity index (χ2n) is 5.96. The zero-order valence-electron chi connectivity index (χ0n) is 15.2. The van der Waals surface area contributed by atoms with Crippen molar-refractivity contribution in [3.63, 3.8) is 0 Å². The molecule has 1 unspecified atom stereocenters. The van der Waals surface area contributed by atoms with E-state index in [1.54, 1.807) is 43.6 Å². The van der Waals surface area contributed by atoms with Crippen LogP contribution in [0.2, 0.25) is 0 Å². The van der Waals surface area contributed by atoms with Gasteiger partial charge >= 0.3 is 0 Å². The van der Waals surface area contributed by atoms with Gasteiger partial charge in [0.15, 0.2) is 16.8 Å². The average molecular weight is 381 g/mol. The number of aromatic nitrogens is 4. The van der Waals surface area contributed by atoms with Gasteiger partial charge < -0.3 is 9.88 Å². The lowest BCUT2D eigenvalue weighted by molar-refractivity contribution is -0.115. The number of thioether (sulfide) groups is 1. The number of ketones is 1. The van der Waals surface area contributed by atoms with Crippen LogP contribution in [0.5, 0.6) is 0 Å². The summed E-state index contributed by atoms with van der Waals surface area (Å²) in [4.78, 5) is 28.4. The number of anilines is 1. The Kier molecular flexibility index (Phi) is 5.66. The maximum absolute atomic E-state index is 12.6. The minimum atomic E-state index is -0.422. The lowest BCUT2D eigenvalue weighted by atomic mass is 10.1. The van der Waals surface area contributed by atoms with Crippen molar-refractivity contribution < 1.29 is 9.59 Å². The number of carbonyl (C=O) groups excluding carboxylic acids is 2. The fraction of sp³-hybridized carbons (Fsp3) is 0.211. The van der Waals surface area contributed by atoms with Gasteiger partial charge in [0.1, 0.15) is 0 Å². The lowest BCUT2D eigenvalue weighted by Gasteiger charge is -2.13. The normalized spacial score (nSPS) is 11.8. The van der Waals surface area contributed by atoms with Gasteiger partial charge in [0.05, 0.1) is 10.9 Å². The van der Waals surface area contributed by atoms with Crippen molar-refractivity contribution in [3.8, 4) is 11.4 Å². The van der Waals surface area contributed by atoms with Crippen LogP contribution in [0.4, 0.5) is 5.69 Å².